The largest absolute Gasteiger partial charge is 0.497 e. The van der Waals surface area contributed by atoms with Gasteiger partial charge in [-0.2, -0.15) is 5.01 Å². The summed E-state index contributed by atoms with van der Waals surface area (Å²) in [7, 11) is 1.62. The highest BCUT2D eigenvalue weighted by Gasteiger charge is 2.18. The molecule has 0 saturated heterocycles. The van der Waals surface area contributed by atoms with Gasteiger partial charge in [0.1, 0.15) is 12.4 Å². The number of anilines is 2. The van der Waals surface area contributed by atoms with Crippen LogP contribution in [0.5, 0.6) is 5.75 Å². The Kier molecular flexibility index (Phi) is 5.80. The number of nitrogens with zero attached hydrogens (tertiary/aromatic N) is 1. The Morgan fingerprint density at radius 1 is 0.833 bits per heavy atom. The van der Waals surface area contributed by atoms with Gasteiger partial charge in [-0.15, -0.1) is 0 Å². The van der Waals surface area contributed by atoms with Crippen molar-refractivity contribution in [1.82, 2.24) is 0 Å². The number of hydrogen-bond acceptors (Lipinski definition) is 4. The van der Waals surface area contributed by atoms with Crippen molar-refractivity contribution >= 4 is 28.2 Å². The van der Waals surface area contributed by atoms with Crippen molar-refractivity contribution < 1.29 is 14.3 Å². The van der Waals surface area contributed by atoms with Gasteiger partial charge in [0.2, 0.25) is 0 Å². The number of fused-ring (bicyclic) bond motifs is 1. The first kappa shape index (κ1) is 19.3. The monoisotopic (exact) mass is 398 g/mol. The highest BCUT2D eigenvalue weighted by atomic mass is 16.6. The zero-order valence-electron chi connectivity index (χ0n) is 16.6. The maximum atomic E-state index is 13.0. The van der Waals surface area contributed by atoms with E-state index in [2.05, 4.69) is 5.43 Å². The van der Waals surface area contributed by atoms with Crippen LogP contribution >= 0.6 is 0 Å². The molecule has 0 radical (unpaired) electrons. The van der Waals surface area contributed by atoms with Crippen LogP contribution in [0.15, 0.2) is 97.1 Å². The summed E-state index contributed by atoms with van der Waals surface area (Å²) in [4.78, 5) is 13.0. The number of ether oxygens (including phenoxy) is 2. The van der Waals surface area contributed by atoms with E-state index in [1.807, 2.05) is 97.1 Å². The zero-order valence-corrected chi connectivity index (χ0v) is 16.6. The molecule has 0 aliphatic carbocycles. The molecule has 4 rings (SSSR count). The number of nitrogens with one attached hydrogen (secondary N) is 1. The number of carbonyl (C=O) groups is 1. The number of benzene rings is 4. The first-order valence-corrected chi connectivity index (χ1v) is 9.63. The topological polar surface area (TPSA) is 50.8 Å². The third kappa shape index (κ3) is 4.52. The van der Waals surface area contributed by atoms with Crippen LogP contribution in [0.25, 0.3) is 10.8 Å². The zero-order chi connectivity index (χ0) is 20.8. The van der Waals surface area contributed by atoms with Gasteiger partial charge in [-0.1, -0.05) is 60.7 Å². The van der Waals surface area contributed by atoms with Crippen LogP contribution in [-0.4, -0.2) is 13.2 Å². The molecule has 0 aromatic heterocycles. The molecular weight excluding hydrogens is 376 g/mol. The van der Waals surface area contributed by atoms with E-state index >= 15 is 0 Å². The molecule has 0 unspecified atom stereocenters. The number of methoxy groups -OCH3 is 1. The van der Waals surface area contributed by atoms with Gasteiger partial charge >= 0.3 is 6.09 Å². The second-order valence-corrected chi connectivity index (χ2v) is 6.75. The fourth-order valence-electron chi connectivity index (χ4n) is 3.11. The van der Waals surface area contributed by atoms with Gasteiger partial charge in [0.05, 0.1) is 18.5 Å². The van der Waals surface area contributed by atoms with Crippen molar-refractivity contribution in [2.45, 2.75) is 6.61 Å². The normalized spacial score (nSPS) is 10.4. The standard InChI is InChI=1S/C25H22N2O3/c1-29-24-15-12-22(13-16-24)26-27(25(28)30-18-19-7-3-2-4-8-19)23-14-11-20-9-5-6-10-21(20)17-23/h2-17,26H,18H2,1H3. The molecule has 1 amide bonds. The summed E-state index contributed by atoms with van der Waals surface area (Å²) in [5.41, 5.74) is 5.49. The number of hydrogen-bond donors (Lipinski definition) is 1. The molecule has 0 saturated carbocycles. The van der Waals surface area contributed by atoms with E-state index in [9.17, 15) is 4.79 Å². The van der Waals surface area contributed by atoms with Crippen LogP contribution in [0, 0.1) is 0 Å². The van der Waals surface area contributed by atoms with Crippen molar-refractivity contribution in [3.05, 3.63) is 103 Å². The van der Waals surface area contributed by atoms with Gasteiger partial charge in [-0.05, 0) is 52.7 Å². The molecule has 0 fully saturated rings. The number of hydrazine groups is 1. The molecule has 5 heteroatoms. The highest BCUT2D eigenvalue weighted by Crippen LogP contribution is 2.25. The lowest BCUT2D eigenvalue weighted by Crippen LogP contribution is -2.36. The van der Waals surface area contributed by atoms with E-state index in [0.29, 0.717) is 5.69 Å². The summed E-state index contributed by atoms with van der Waals surface area (Å²) < 4.78 is 10.8. The van der Waals surface area contributed by atoms with Crippen molar-refractivity contribution in [3.63, 3.8) is 0 Å². The Morgan fingerprint density at radius 2 is 1.53 bits per heavy atom. The third-order valence-corrected chi connectivity index (χ3v) is 4.71. The summed E-state index contributed by atoms with van der Waals surface area (Å²) in [6.45, 7) is 0.189. The lowest BCUT2D eigenvalue weighted by Gasteiger charge is -2.24. The highest BCUT2D eigenvalue weighted by molar-refractivity contribution is 5.94. The van der Waals surface area contributed by atoms with Gasteiger partial charge in [0.15, 0.2) is 0 Å². The summed E-state index contributed by atoms with van der Waals surface area (Å²) in [5.74, 6) is 0.740. The van der Waals surface area contributed by atoms with Crippen molar-refractivity contribution in [2.75, 3.05) is 17.5 Å². The average Bonchev–Trinajstić information content (AvgIpc) is 2.81. The SMILES string of the molecule is COc1ccc(NN(C(=O)OCc2ccccc2)c2ccc3ccccc3c2)cc1. The number of rotatable bonds is 6. The van der Waals surface area contributed by atoms with Crippen LogP contribution in [0.1, 0.15) is 5.56 Å². The van der Waals surface area contributed by atoms with Crippen molar-refractivity contribution in [1.29, 1.82) is 0 Å². The third-order valence-electron chi connectivity index (χ3n) is 4.71. The van der Waals surface area contributed by atoms with Crippen LogP contribution in [0.3, 0.4) is 0 Å². The molecule has 0 aliphatic rings. The van der Waals surface area contributed by atoms with Crippen LogP contribution in [-0.2, 0) is 11.3 Å². The molecule has 30 heavy (non-hydrogen) atoms. The average molecular weight is 398 g/mol. The smallest absolute Gasteiger partial charge is 0.433 e. The predicted octanol–water partition coefficient (Wildman–Crippen LogP) is 6.02. The van der Waals surface area contributed by atoms with E-state index in [-0.39, 0.29) is 6.61 Å². The Hall–Kier alpha value is -3.99. The molecule has 150 valence electrons. The molecular formula is C25H22N2O3. The van der Waals surface area contributed by atoms with Gasteiger partial charge in [0, 0.05) is 0 Å². The molecule has 0 heterocycles. The van der Waals surface area contributed by atoms with Gasteiger partial charge in [0.25, 0.3) is 0 Å². The molecule has 4 aromatic rings. The Morgan fingerprint density at radius 3 is 2.27 bits per heavy atom. The maximum Gasteiger partial charge on any atom is 0.433 e. The van der Waals surface area contributed by atoms with E-state index in [1.54, 1.807) is 7.11 Å². The summed E-state index contributed by atoms with van der Waals surface area (Å²) in [5, 5.41) is 3.55. The summed E-state index contributed by atoms with van der Waals surface area (Å²) in [6, 6.07) is 30.8. The number of amides is 1. The molecule has 5 nitrogen and oxygen atoms in total. The van der Waals surface area contributed by atoms with Crippen molar-refractivity contribution in [3.8, 4) is 5.75 Å². The van der Waals surface area contributed by atoms with Gasteiger partial charge in [-0.25, -0.2) is 4.79 Å². The minimum Gasteiger partial charge on any atom is -0.497 e. The fourth-order valence-corrected chi connectivity index (χ4v) is 3.11. The van der Waals surface area contributed by atoms with Crippen LogP contribution < -0.4 is 15.2 Å². The minimum atomic E-state index is -0.495. The second-order valence-electron chi connectivity index (χ2n) is 6.75. The Balaban J connectivity index is 1.61. The maximum absolute atomic E-state index is 13.0. The predicted molar refractivity (Wildman–Crippen MR) is 120 cm³/mol. The Labute approximate surface area is 175 Å². The molecule has 4 aromatic carbocycles. The van der Waals surface area contributed by atoms with E-state index in [1.165, 1.54) is 5.01 Å². The quantitative estimate of drug-likeness (QED) is 0.404. The molecule has 0 bridgehead atoms. The van der Waals surface area contributed by atoms with Crippen LogP contribution in [0.4, 0.5) is 16.2 Å². The molecule has 0 spiro atoms. The first-order valence-electron chi connectivity index (χ1n) is 9.63. The fraction of sp³-hybridized carbons (Fsp3) is 0.0800. The second kappa shape index (κ2) is 9.01. The molecule has 0 aliphatic heterocycles. The van der Waals surface area contributed by atoms with Crippen molar-refractivity contribution in [2.24, 2.45) is 0 Å². The summed E-state index contributed by atoms with van der Waals surface area (Å²) in [6.07, 6.45) is -0.495. The van der Waals surface area contributed by atoms with Crippen LogP contribution in [0.2, 0.25) is 0 Å². The van der Waals surface area contributed by atoms with Gasteiger partial charge in [-0.3, -0.25) is 5.43 Å². The lowest BCUT2D eigenvalue weighted by atomic mass is 10.1. The summed E-state index contributed by atoms with van der Waals surface area (Å²) >= 11 is 0. The Bertz CT molecular complexity index is 1130. The van der Waals surface area contributed by atoms with Gasteiger partial charge < -0.3 is 9.47 Å². The van der Waals surface area contributed by atoms with E-state index in [4.69, 9.17) is 9.47 Å². The molecule has 0 atom stereocenters. The van der Waals surface area contributed by atoms with E-state index in [0.717, 1.165) is 27.8 Å². The molecule has 1 N–H and O–H groups in total. The minimum absolute atomic E-state index is 0.189. The van der Waals surface area contributed by atoms with E-state index < -0.39 is 6.09 Å². The number of carbonyl (C=O) groups excluding carboxylic acids is 1. The lowest BCUT2D eigenvalue weighted by molar-refractivity contribution is 0.148. The first-order chi connectivity index (χ1) is 14.7.